The summed E-state index contributed by atoms with van der Waals surface area (Å²) < 4.78 is 1.97. The summed E-state index contributed by atoms with van der Waals surface area (Å²) in [6.07, 6.45) is 15.4. The SMILES string of the molecule is CON=C(CCC(=O)O)c1nc2ccccc2n(C2C[C@H]3CCC[C@@H](C2)N3C2C[C@H]3CCCC[C@@H](C2)C3)c1=O. The molecule has 4 fully saturated rings. The third-order valence-corrected chi connectivity index (χ3v) is 9.99. The minimum Gasteiger partial charge on any atom is -0.481 e. The van der Waals surface area contributed by atoms with Crippen molar-refractivity contribution in [2.75, 3.05) is 7.11 Å². The predicted molar refractivity (Wildman–Crippen MR) is 151 cm³/mol. The Labute approximate surface area is 230 Å². The topological polar surface area (TPSA) is 97.0 Å². The number of carboxylic acid groups (broad SMARTS) is 1. The summed E-state index contributed by atoms with van der Waals surface area (Å²) in [6, 6.07) is 9.61. The number of carboxylic acids is 1. The van der Waals surface area contributed by atoms with Crippen LogP contribution in [0.4, 0.5) is 0 Å². The van der Waals surface area contributed by atoms with E-state index in [1.807, 2.05) is 28.8 Å². The van der Waals surface area contributed by atoms with Crippen LogP contribution < -0.4 is 5.56 Å². The van der Waals surface area contributed by atoms with Crippen LogP contribution >= 0.6 is 0 Å². The highest BCUT2D eigenvalue weighted by molar-refractivity contribution is 6.00. The van der Waals surface area contributed by atoms with E-state index in [4.69, 9.17) is 4.84 Å². The van der Waals surface area contributed by atoms with Crippen molar-refractivity contribution in [1.82, 2.24) is 14.5 Å². The molecule has 3 heterocycles. The molecule has 4 aliphatic rings. The van der Waals surface area contributed by atoms with Crippen molar-refractivity contribution in [2.24, 2.45) is 17.0 Å². The lowest BCUT2D eigenvalue weighted by Crippen LogP contribution is -2.58. The zero-order valence-electron chi connectivity index (χ0n) is 23.1. The highest BCUT2D eigenvalue weighted by Crippen LogP contribution is 2.47. The van der Waals surface area contributed by atoms with Crippen LogP contribution in [0.3, 0.4) is 0 Å². The average Bonchev–Trinajstić information content (AvgIpc) is 3.09. The molecular formula is C31H42N4O4. The van der Waals surface area contributed by atoms with E-state index in [1.54, 1.807) is 0 Å². The fourth-order valence-electron chi connectivity index (χ4n) is 8.55. The molecule has 210 valence electrons. The van der Waals surface area contributed by atoms with Crippen molar-refractivity contribution in [3.05, 3.63) is 40.3 Å². The molecule has 39 heavy (non-hydrogen) atoms. The Bertz CT molecular complexity index is 1260. The minimum absolute atomic E-state index is 0.0878. The third kappa shape index (κ3) is 5.37. The molecule has 0 radical (unpaired) electrons. The molecule has 6 rings (SSSR count). The molecule has 1 aromatic carbocycles. The molecular weight excluding hydrogens is 492 g/mol. The number of fused-ring (bicyclic) bond motifs is 5. The molecule has 0 spiro atoms. The largest absolute Gasteiger partial charge is 0.481 e. The van der Waals surface area contributed by atoms with Crippen LogP contribution in [-0.4, -0.2) is 56.5 Å². The van der Waals surface area contributed by atoms with Crippen LogP contribution in [0.15, 0.2) is 34.2 Å². The molecule has 1 aromatic heterocycles. The second-order valence-electron chi connectivity index (χ2n) is 12.4. The van der Waals surface area contributed by atoms with E-state index in [2.05, 4.69) is 15.0 Å². The van der Waals surface area contributed by atoms with Crippen LogP contribution in [0.5, 0.6) is 0 Å². The lowest BCUT2D eigenvalue weighted by Gasteiger charge is -2.54. The van der Waals surface area contributed by atoms with E-state index in [0.717, 1.165) is 35.7 Å². The monoisotopic (exact) mass is 534 g/mol. The molecule has 2 aliphatic carbocycles. The quantitative estimate of drug-likeness (QED) is 0.371. The molecule has 4 bridgehead atoms. The van der Waals surface area contributed by atoms with Gasteiger partial charge in [-0.2, -0.15) is 0 Å². The Kier molecular flexibility index (Phi) is 7.74. The van der Waals surface area contributed by atoms with Crippen molar-refractivity contribution in [3.8, 4) is 0 Å². The lowest BCUT2D eigenvalue weighted by molar-refractivity contribution is -0.136. The first-order valence-electron chi connectivity index (χ1n) is 15.1. The number of oxime groups is 1. The van der Waals surface area contributed by atoms with Crippen molar-refractivity contribution in [3.63, 3.8) is 0 Å². The molecule has 1 N–H and O–H groups in total. The Balaban J connectivity index is 1.34. The number of benzene rings is 1. The smallest absolute Gasteiger partial charge is 0.303 e. The average molecular weight is 535 g/mol. The number of aromatic nitrogens is 2. The van der Waals surface area contributed by atoms with Gasteiger partial charge >= 0.3 is 5.97 Å². The number of para-hydroxylation sites is 2. The number of aliphatic carboxylic acids is 1. The zero-order valence-corrected chi connectivity index (χ0v) is 23.1. The van der Waals surface area contributed by atoms with Gasteiger partial charge in [0.25, 0.3) is 5.56 Å². The summed E-state index contributed by atoms with van der Waals surface area (Å²) in [5.74, 6) is 0.851. The summed E-state index contributed by atoms with van der Waals surface area (Å²) in [5.41, 5.74) is 1.90. The Morgan fingerprint density at radius 3 is 2.28 bits per heavy atom. The van der Waals surface area contributed by atoms with Crippen molar-refractivity contribution in [1.29, 1.82) is 0 Å². The molecule has 2 aliphatic heterocycles. The molecule has 2 saturated carbocycles. The normalized spacial score (nSPS) is 31.6. The van der Waals surface area contributed by atoms with Gasteiger partial charge in [-0.15, -0.1) is 0 Å². The first-order valence-corrected chi connectivity index (χ1v) is 15.1. The van der Waals surface area contributed by atoms with Crippen LogP contribution in [0.2, 0.25) is 0 Å². The summed E-state index contributed by atoms with van der Waals surface area (Å²) in [4.78, 5) is 38.0. The first-order chi connectivity index (χ1) is 19.0. The number of hydrogen-bond donors (Lipinski definition) is 1. The lowest BCUT2D eigenvalue weighted by atomic mass is 9.73. The molecule has 2 aromatic rings. The second-order valence-corrected chi connectivity index (χ2v) is 12.4. The van der Waals surface area contributed by atoms with Gasteiger partial charge in [-0.05, 0) is 68.9 Å². The van der Waals surface area contributed by atoms with E-state index in [0.29, 0.717) is 23.8 Å². The van der Waals surface area contributed by atoms with Gasteiger partial charge in [-0.25, -0.2) is 4.98 Å². The molecule has 8 heteroatoms. The maximum absolute atomic E-state index is 14.1. The van der Waals surface area contributed by atoms with Crippen molar-refractivity contribution >= 4 is 22.7 Å². The molecule has 2 saturated heterocycles. The van der Waals surface area contributed by atoms with E-state index >= 15 is 0 Å². The van der Waals surface area contributed by atoms with Gasteiger partial charge in [0.15, 0.2) is 5.69 Å². The molecule has 2 unspecified atom stereocenters. The number of nitrogens with zero attached hydrogens (tertiary/aromatic N) is 4. The number of rotatable bonds is 7. The van der Waals surface area contributed by atoms with E-state index in [1.165, 1.54) is 71.3 Å². The van der Waals surface area contributed by atoms with Crippen LogP contribution in [-0.2, 0) is 9.63 Å². The molecule has 6 atom stereocenters. The van der Waals surface area contributed by atoms with Gasteiger partial charge in [0.05, 0.1) is 17.5 Å². The van der Waals surface area contributed by atoms with Gasteiger partial charge in [-0.1, -0.05) is 49.4 Å². The number of carbonyl (C=O) groups is 1. The molecule has 8 nitrogen and oxygen atoms in total. The summed E-state index contributed by atoms with van der Waals surface area (Å²) in [6.45, 7) is 0. The molecule has 0 amide bonds. The fraction of sp³-hybridized carbons (Fsp3) is 0.677. The van der Waals surface area contributed by atoms with E-state index in [-0.39, 0.29) is 30.1 Å². The van der Waals surface area contributed by atoms with Crippen LogP contribution in [0, 0.1) is 11.8 Å². The van der Waals surface area contributed by atoms with Gasteiger partial charge < -0.3 is 14.5 Å². The maximum Gasteiger partial charge on any atom is 0.303 e. The van der Waals surface area contributed by atoms with Gasteiger partial charge in [0, 0.05) is 30.6 Å². The zero-order chi connectivity index (χ0) is 26.9. The Hall–Kier alpha value is -2.74. The maximum atomic E-state index is 14.1. The highest BCUT2D eigenvalue weighted by Gasteiger charge is 2.45. The number of hydrogen-bond acceptors (Lipinski definition) is 6. The van der Waals surface area contributed by atoms with Gasteiger partial charge in [0.1, 0.15) is 12.8 Å². The summed E-state index contributed by atoms with van der Waals surface area (Å²) >= 11 is 0. The predicted octanol–water partition coefficient (Wildman–Crippen LogP) is 5.53. The van der Waals surface area contributed by atoms with E-state index < -0.39 is 5.97 Å². The van der Waals surface area contributed by atoms with E-state index in [9.17, 15) is 14.7 Å². The van der Waals surface area contributed by atoms with Gasteiger partial charge in [0.2, 0.25) is 0 Å². The Morgan fingerprint density at radius 2 is 1.62 bits per heavy atom. The highest BCUT2D eigenvalue weighted by atomic mass is 16.6. The summed E-state index contributed by atoms with van der Waals surface area (Å²) in [7, 11) is 1.42. The standard InChI is InChI=1S/C31H42N4O4/c1-39-33-27(13-14-29(36)37)30-31(38)35(28-12-5-4-11-26(28)32-30)25-18-22-9-6-10-23(19-25)34(22)24-16-20-7-2-3-8-21(15-20)17-24/h4-5,11-12,20-25H,2-3,6-10,13-19H2,1H3,(H,36,37)/t20-,21+,22-,23+,24?,25?. The third-order valence-electron chi connectivity index (χ3n) is 9.99. The van der Waals surface area contributed by atoms with Crippen LogP contribution in [0.25, 0.3) is 11.0 Å². The second kappa shape index (κ2) is 11.4. The fourth-order valence-corrected chi connectivity index (χ4v) is 8.55. The minimum atomic E-state index is -0.942. The van der Waals surface area contributed by atoms with Gasteiger partial charge in [-0.3, -0.25) is 14.5 Å². The van der Waals surface area contributed by atoms with Crippen molar-refractivity contribution < 1.29 is 14.7 Å². The Morgan fingerprint density at radius 1 is 0.923 bits per heavy atom. The van der Waals surface area contributed by atoms with Crippen LogP contribution in [0.1, 0.15) is 102 Å². The van der Waals surface area contributed by atoms with Crippen molar-refractivity contribution in [2.45, 2.75) is 114 Å². The first kappa shape index (κ1) is 26.5. The number of piperidine rings is 2. The summed E-state index contributed by atoms with van der Waals surface area (Å²) in [5, 5.41) is 13.3.